The summed E-state index contributed by atoms with van der Waals surface area (Å²) in [5.41, 5.74) is 0.423. The highest BCUT2D eigenvalue weighted by Crippen LogP contribution is 2.43. The first kappa shape index (κ1) is 25.0. The molecular weight excluding hydrogens is 473 g/mol. The minimum absolute atomic E-state index is 0.000190. The number of carbonyl (C=O) groups is 2. The van der Waals surface area contributed by atoms with E-state index in [1.807, 2.05) is 32.0 Å². The lowest BCUT2D eigenvalue weighted by Crippen LogP contribution is -2.59. The molecule has 1 spiro atoms. The van der Waals surface area contributed by atoms with Crippen molar-refractivity contribution in [2.45, 2.75) is 64.4 Å². The van der Waals surface area contributed by atoms with Crippen LogP contribution in [-0.2, 0) is 17.9 Å². The number of nitrogens with zero attached hydrogens (tertiary/aromatic N) is 3. The fourth-order valence-electron chi connectivity index (χ4n) is 5.53. The van der Waals surface area contributed by atoms with Gasteiger partial charge < -0.3 is 9.15 Å². The van der Waals surface area contributed by atoms with Crippen molar-refractivity contribution in [3.63, 3.8) is 0 Å². The quantitative estimate of drug-likeness (QED) is 0.391. The van der Waals surface area contributed by atoms with Gasteiger partial charge in [-0.05, 0) is 81.6 Å². The molecular formula is C29H32FN3O4. The monoisotopic (exact) mass is 505 g/mol. The second-order valence-electron chi connectivity index (χ2n) is 10.2. The van der Waals surface area contributed by atoms with Crippen molar-refractivity contribution in [2.24, 2.45) is 0 Å². The SMILES string of the molecule is CC(C)Oc1cccc(CN2CCC3(C[C@@H]2C)C(=O)N(Cc2ccco2)C(=O)N3c2cccc(F)c2)c1. The van der Waals surface area contributed by atoms with Crippen molar-refractivity contribution in [2.75, 3.05) is 11.4 Å². The highest BCUT2D eigenvalue weighted by atomic mass is 19.1. The number of hydrogen-bond donors (Lipinski definition) is 0. The molecule has 0 saturated carbocycles. The lowest BCUT2D eigenvalue weighted by atomic mass is 9.81. The number of imide groups is 1. The first-order chi connectivity index (χ1) is 17.8. The zero-order chi connectivity index (χ0) is 26.2. The smallest absolute Gasteiger partial charge is 0.332 e. The van der Waals surface area contributed by atoms with E-state index in [1.54, 1.807) is 24.3 Å². The molecule has 3 amide bonds. The first-order valence-corrected chi connectivity index (χ1v) is 12.7. The maximum absolute atomic E-state index is 14.2. The lowest BCUT2D eigenvalue weighted by molar-refractivity contribution is -0.133. The van der Waals surface area contributed by atoms with Crippen LogP contribution in [0.2, 0.25) is 0 Å². The highest BCUT2D eigenvalue weighted by molar-refractivity contribution is 6.16. The van der Waals surface area contributed by atoms with E-state index in [2.05, 4.69) is 17.9 Å². The molecule has 5 rings (SSSR count). The van der Waals surface area contributed by atoms with E-state index in [9.17, 15) is 14.0 Å². The number of rotatable bonds is 7. The van der Waals surface area contributed by atoms with E-state index in [-0.39, 0.29) is 24.6 Å². The van der Waals surface area contributed by atoms with Gasteiger partial charge in [-0.2, -0.15) is 0 Å². The van der Waals surface area contributed by atoms with Crippen molar-refractivity contribution in [1.82, 2.24) is 9.80 Å². The average molecular weight is 506 g/mol. The summed E-state index contributed by atoms with van der Waals surface area (Å²) < 4.78 is 25.5. The van der Waals surface area contributed by atoms with Crippen LogP contribution >= 0.6 is 0 Å². The number of ether oxygens (including phenoxy) is 1. The van der Waals surface area contributed by atoms with Gasteiger partial charge in [-0.25, -0.2) is 9.18 Å². The van der Waals surface area contributed by atoms with Gasteiger partial charge in [0.15, 0.2) is 0 Å². The number of benzene rings is 2. The Hall–Kier alpha value is -3.65. The normalized spacial score (nSPS) is 22.5. The predicted octanol–water partition coefficient (Wildman–Crippen LogP) is 5.60. The Morgan fingerprint density at radius 2 is 1.89 bits per heavy atom. The summed E-state index contributed by atoms with van der Waals surface area (Å²) in [5, 5.41) is 0. The summed E-state index contributed by atoms with van der Waals surface area (Å²) >= 11 is 0. The van der Waals surface area contributed by atoms with Crippen molar-refractivity contribution in [1.29, 1.82) is 0 Å². The van der Waals surface area contributed by atoms with Gasteiger partial charge in [0.25, 0.3) is 5.91 Å². The standard InChI is InChI=1S/C29H32FN3O4/c1-20(2)37-25-10-4-7-22(15-25)18-31-13-12-29(17-21(31)3)27(34)32(19-26-11-6-14-36-26)28(35)33(29)24-9-5-8-23(30)16-24/h4-11,14-16,20-21H,12-13,17-19H2,1-3H3/t21-,29?/m0/s1. The van der Waals surface area contributed by atoms with Crippen LogP contribution < -0.4 is 9.64 Å². The number of amides is 3. The molecule has 1 unspecified atom stereocenters. The molecule has 3 heterocycles. The Balaban J connectivity index is 1.42. The summed E-state index contributed by atoms with van der Waals surface area (Å²) in [4.78, 5) is 32.7. The minimum Gasteiger partial charge on any atom is -0.491 e. The maximum atomic E-state index is 14.2. The maximum Gasteiger partial charge on any atom is 0.332 e. The van der Waals surface area contributed by atoms with E-state index in [0.29, 0.717) is 37.4 Å². The van der Waals surface area contributed by atoms with Crippen LogP contribution in [0.4, 0.5) is 14.9 Å². The summed E-state index contributed by atoms with van der Waals surface area (Å²) in [7, 11) is 0. The van der Waals surface area contributed by atoms with Gasteiger partial charge in [-0.1, -0.05) is 18.2 Å². The molecule has 2 fully saturated rings. The Morgan fingerprint density at radius 3 is 2.59 bits per heavy atom. The topological polar surface area (TPSA) is 66.2 Å². The van der Waals surface area contributed by atoms with E-state index in [4.69, 9.17) is 9.15 Å². The molecule has 0 aliphatic carbocycles. The third-order valence-electron chi connectivity index (χ3n) is 7.18. The van der Waals surface area contributed by atoms with Crippen LogP contribution in [0.25, 0.3) is 0 Å². The fourth-order valence-corrected chi connectivity index (χ4v) is 5.53. The minimum atomic E-state index is -1.09. The summed E-state index contributed by atoms with van der Waals surface area (Å²) in [5.74, 6) is 0.631. The number of piperidine rings is 1. The molecule has 1 aromatic heterocycles. The number of halogens is 1. The molecule has 37 heavy (non-hydrogen) atoms. The second-order valence-corrected chi connectivity index (χ2v) is 10.2. The third-order valence-corrected chi connectivity index (χ3v) is 7.18. The largest absolute Gasteiger partial charge is 0.491 e. The number of urea groups is 1. The number of carbonyl (C=O) groups excluding carboxylic acids is 2. The second kappa shape index (κ2) is 10.0. The molecule has 2 aromatic carbocycles. The Kier molecular flexibility index (Phi) is 6.77. The van der Waals surface area contributed by atoms with Crippen molar-refractivity contribution >= 4 is 17.6 Å². The van der Waals surface area contributed by atoms with Gasteiger partial charge in [0.1, 0.15) is 22.9 Å². The predicted molar refractivity (Wildman–Crippen MR) is 138 cm³/mol. The van der Waals surface area contributed by atoms with E-state index in [0.717, 1.165) is 11.3 Å². The van der Waals surface area contributed by atoms with Crippen LogP contribution in [0.3, 0.4) is 0 Å². The molecule has 194 valence electrons. The molecule has 2 aliphatic heterocycles. The molecule has 2 aliphatic rings. The van der Waals surface area contributed by atoms with Crippen LogP contribution in [-0.4, -0.2) is 46.0 Å². The number of anilines is 1. The molecule has 2 saturated heterocycles. The zero-order valence-corrected chi connectivity index (χ0v) is 21.4. The Bertz CT molecular complexity index is 1280. The lowest BCUT2D eigenvalue weighted by Gasteiger charge is -2.45. The molecule has 0 N–H and O–H groups in total. The van der Waals surface area contributed by atoms with Crippen LogP contribution in [0.5, 0.6) is 5.75 Å². The van der Waals surface area contributed by atoms with Crippen molar-refractivity contribution < 1.29 is 23.1 Å². The molecule has 0 bridgehead atoms. The molecule has 7 nitrogen and oxygen atoms in total. The number of hydrogen-bond acceptors (Lipinski definition) is 5. The van der Waals surface area contributed by atoms with Crippen LogP contribution in [0, 0.1) is 5.82 Å². The van der Waals surface area contributed by atoms with Crippen molar-refractivity contribution in [3.05, 3.63) is 84.1 Å². The molecule has 2 atom stereocenters. The highest BCUT2D eigenvalue weighted by Gasteiger charge is 2.59. The average Bonchev–Trinajstić information content (AvgIpc) is 3.43. The van der Waals surface area contributed by atoms with Gasteiger partial charge in [-0.15, -0.1) is 0 Å². The Morgan fingerprint density at radius 1 is 1.08 bits per heavy atom. The zero-order valence-electron chi connectivity index (χ0n) is 21.4. The number of likely N-dealkylation sites (tertiary alicyclic amines) is 1. The van der Waals surface area contributed by atoms with Crippen LogP contribution in [0.15, 0.2) is 71.3 Å². The third kappa shape index (κ3) is 4.85. The van der Waals surface area contributed by atoms with Crippen molar-refractivity contribution in [3.8, 4) is 5.75 Å². The Labute approximate surface area is 216 Å². The molecule has 3 aromatic rings. The summed E-state index contributed by atoms with van der Waals surface area (Å²) in [6, 6.07) is 17.0. The van der Waals surface area contributed by atoms with Gasteiger partial charge in [0, 0.05) is 24.8 Å². The van der Waals surface area contributed by atoms with Crippen LogP contribution in [0.1, 0.15) is 44.9 Å². The fraction of sp³-hybridized carbons (Fsp3) is 0.379. The molecule has 0 radical (unpaired) electrons. The van der Waals surface area contributed by atoms with E-state index >= 15 is 0 Å². The summed E-state index contributed by atoms with van der Waals surface area (Å²) in [6.07, 6.45) is 2.48. The number of furan rings is 1. The van der Waals surface area contributed by atoms with Gasteiger partial charge in [0.2, 0.25) is 0 Å². The van der Waals surface area contributed by atoms with Gasteiger partial charge in [0.05, 0.1) is 18.9 Å². The van der Waals surface area contributed by atoms with E-state index < -0.39 is 17.4 Å². The molecule has 8 heteroatoms. The van der Waals surface area contributed by atoms with Gasteiger partial charge in [-0.3, -0.25) is 19.5 Å². The van der Waals surface area contributed by atoms with Gasteiger partial charge >= 0.3 is 6.03 Å². The van der Waals surface area contributed by atoms with E-state index in [1.165, 1.54) is 28.2 Å². The summed E-state index contributed by atoms with van der Waals surface area (Å²) in [6.45, 7) is 7.42. The first-order valence-electron chi connectivity index (χ1n) is 12.7.